The van der Waals surface area contributed by atoms with Gasteiger partial charge in [-0.25, -0.2) is 0 Å². The van der Waals surface area contributed by atoms with Gasteiger partial charge in [0.1, 0.15) is 0 Å². The van der Waals surface area contributed by atoms with Crippen LogP contribution in [0.4, 0.5) is 11.4 Å². The molecule has 110 valence electrons. The summed E-state index contributed by atoms with van der Waals surface area (Å²) in [6, 6.07) is 17.3. The lowest BCUT2D eigenvalue weighted by atomic mass is 10.1. The highest BCUT2D eigenvalue weighted by atomic mass is 16.1. The van der Waals surface area contributed by atoms with Crippen molar-refractivity contribution >= 4 is 17.3 Å². The first-order chi connectivity index (χ1) is 10.2. The van der Waals surface area contributed by atoms with Crippen molar-refractivity contribution in [2.45, 2.75) is 20.3 Å². The molecule has 0 unspecified atom stereocenters. The number of anilines is 2. The smallest absolute Gasteiger partial charge is 0.255 e. The van der Waals surface area contributed by atoms with Gasteiger partial charge in [0.05, 0.1) is 0 Å². The van der Waals surface area contributed by atoms with Crippen LogP contribution in [-0.4, -0.2) is 19.0 Å². The number of rotatable bonds is 6. The molecule has 0 bridgehead atoms. The Morgan fingerprint density at radius 3 is 2.24 bits per heavy atom. The molecule has 0 spiro atoms. The monoisotopic (exact) mass is 282 g/mol. The van der Waals surface area contributed by atoms with Crippen molar-refractivity contribution in [2.24, 2.45) is 0 Å². The highest BCUT2D eigenvalue weighted by molar-refractivity contribution is 6.04. The number of nitrogens with one attached hydrogen (secondary N) is 1. The Hall–Kier alpha value is -2.29. The second kappa shape index (κ2) is 7.48. The van der Waals surface area contributed by atoms with E-state index in [0.717, 1.165) is 30.9 Å². The number of amides is 1. The van der Waals surface area contributed by atoms with Crippen LogP contribution in [0.25, 0.3) is 0 Å². The number of hydrogen-bond donors (Lipinski definition) is 1. The number of benzene rings is 2. The molecule has 0 aliphatic carbocycles. The molecule has 2 aromatic carbocycles. The maximum atomic E-state index is 12.2. The minimum absolute atomic E-state index is 0.0775. The van der Waals surface area contributed by atoms with Crippen LogP contribution in [0.3, 0.4) is 0 Å². The Morgan fingerprint density at radius 2 is 1.67 bits per heavy atom. The van der Waals surface area contributed by atoms with E-state index in [2.05, 4.69) is 24.1 Å². The fraction of sp³-hybridized carbons (Fsp3) is 0.278. The molecule has 2 rings (SSSR count). The molecule has 0 aromatic heterocycles. The van der Waals surface area contributed by atoms with Crippen LogP contribution in [0.2, 0.25) is 0 Å². The van der Waals surface area contributed by atoms with Crippen molar-refractivity contribution in [2.75, 3.05) is 23.3 Å². The summed E-state index contributed by atoms with van der Waals surface area (Å²) >= 11 is 0. The molecule has 2 aromatic rings. The zero-order valence-electron chi connectivity index (χ0n) is 12.7. The molecule has 3 heteroatoms. The first kappa shape index (κ1) is 15.1. The number of para-hydroxylation sites is 1. The Morgan fingerprint density at radius 1 is 1.00 bits per heavy atom. The highest BCUT2D eigenvalue weighted by Crippen LogP contribution is 2.16. The van der Waals surface area contributed by atoms with Crippen molar-refractivity contribution < 1.29 is 4.79 Å². The molecule has 0 aliphatic rings. The van der Waals surface area contributed by atoms with Gasteiger partial charge in [-0.15, -0.1) is 0 Å². The summed E-state index contributed by atoms with van der Waals surface area (Å²) in [4.78, 5) is 14.5. The fourth-order valence-corrected chi connectivity index (χ4v) is 2.29. The molecule has 1 N–H and O–H groups in total. The van der Waals surface area contributed by atoms with E-state index >= 15 is 0 Å². The van der Waals surface area contributed by atoms with Crippen LogP contribution in [0.5, 0.6) is 0 Å². The lowest BCUT2D eigenvalue weighted by molar-refractivity contribution is 0.102. The summed E-state index contributed by atoms with van der Waals surface area (Å²) in [6.45, 7) is 6.32. The van der Waals surface area contributed by atoms with Crippen molar-refractivity contribution in [3.8, 4) is 0 Å². The third kappa shape index (κ3) is 4.09. The van der Waals surface area contributed by atoms with E-state index in [1.54, 1.807) is 0 Å². The van der Waals surface area contributed by atoms with Gasteiger partial charge in [0.15, 0.2) is 0 Å². The maximum Gasteiger partial charge on any atom is 0.255 e. The molecular formula is C18H22N2O. The average molecular weight is 282 g/mol. The Bertz CT molecular complexity index is 564. The second-order valence-corrected chi connectivity index (χ2v) is 4.95. The van der Waals surface area contributed by atoms with Gasteiger partial charge in [-0.2, -0.15) is 0 Å². The molecule has 0 saturated carbocycles. The molecule has 0 radical (unpaired) electrons. The van der Waals surface area contributed by atoms with Crippen LogP contribution in [0.15, 0.2) is 54.6 Å². The van der Waals surface area contributed by atoms with E-state index in [0.29, 0.717) is 5.56 Å². The summed E-state index contributed by atoms with van der Waals surface area (Å²) in [5.74, 6) is -0.0775. The van der Waals surface area contributed by atoms with Crippen LogP contribution >= 0.6 is 0 Å². The molecule has 0 fully saturated rings. The first-order valence-electron chi connectivity index (χ1n) is 7.46. The van der Waals surface area contributed by atoms with E-state index in [1.165, 1.54) is 0 Å². The van der Waals surface area contributed by atoms with Crippen LogP contribution < -0.4 is 10.2 Å². The van der Waals surface area contributed by atoms with Crippen molar-refractivity contribution in [3.63, 3.8) is 0 Å². The van der Waals surface area contributed by atoms with E-state index in [4.69, 9.17) is 0 Å². The van der Waals surface area contributed by atoms with E-state index in [-0.39, 0.29) is 5.91 Å². The van der Waals surface area contributed by atoms with Gasteiger partial charge in [0, 0.05) is 30.0 Å². The van der Waals surface area contributed by atoms with Crippen molar-refractivity contribution in [1.29, 1.82) is 0 Å². The third-order valence-corrected chi connectivity index (χ3v) is 3.40. The highest BCUT2D eigenvalue weighted by Gasteiger charge is 2.07. The molecule has 3 nitrogen and oxygen atoms in total. The summed E-state index contributed by atoms with van der Waals surface area (Å²) in [5, 5.41) is 2.89. The predicted octanol–water partition coefficient (Wildman–Crippen LogP) is 4.18. The summed E-state index contributed by atoms with van der Waals surface area (Å²) in [7, 11) is 0. The van der Waals surface area contributed by atoms with Crippen LogP contribution in [0, 0.1) is 0 Å². The van der Waals surface area contributed by atoms with Gasteiger partial charge in [-0.3, -0.25) is 4.79 Å². The molecule has 0 heterocycles. The molecule has 1 amide bonds. The molecule has 0 aliphatic heterocycles. The van der Waals surface area contributed by atoms with Gasteiger partial charge in [-0.1, -0.05) is 25.1 Å². The van der Waals surface area contributed by atoms with Gasteiger partial charge < -0.3 is 10.2 Å². The Kier molecular flexibility index (Phi) is 5.38. The summed E-state index contributed by atoms with van der Waals surface area (Å²) < 4.78 is 0. The number of hydrogen-bond acceptors (Lipinski definition) is 2. The van der Waals surface area contributed by atoms with Crippen molar-refractivity contribution in [1.82, 2.24) is 0 Å². The zero-order chi connectivity index (χ0) is 15.1. The number of carbonyl (C=O) groups excluding carboxylic acids is 1. The van der Waals surface area contributed by atoms with E-state index < -0.39 is 0 Å². The normalized spacial score (nSPS) is 10.2. The number of carbonyl (C=O) groups is 1. The zero-order valence-corrected chi connectivity index (χ0v) is 12.7. The second-order valence-electron chi connectivity index (χ2n) is 4.95. The van der Waals surface area contributed by atoms with Gasteiger partial charge in [-0.05, 0) is 49.7 Å². The fourth-order valence-electron chi connectivity index (χ4n) is 2.29. The first-order valence-corrected chi connectivity index (χ1v) is 7.46. The minimum atomic E-state index is -0.0775. The lowest BCUT2D eigenvalue weighted by Crippen LogP contribution is -2.23. The largest absolute Gasteiger partial charge is 0.372 e. The quantitative estimate of drug-likeness (QED) is 0.862. The molecule has 0 atom stereocenters. The van der Waals surface area contributed by atoms with Crippen molar-refractivity contribution in [3.05, 3.63) is 60.2 Å². The SMILES string of the molecule is CCCN(CC)c1ccc(C(=O)Nc2ccccc2)cc1. The lowest BCUT2D eigenvalue weighted by Gasteiger charge is -2.22. The molecule has 21 heavy (non-hydrogen) atoms. The maximum absolute atomic E-state index is 12.2. The Labute approximate surface area is 126 Å². The minimum Gasteiger partial charge on any atom is -0.372 e. The Balaban J connectivity index is 2.06. The number of nitrogens with zero attached hydrogens (tertiary/aromatic N) is 1. The van der Waals surface area contributed by atoms with Gasteiger partial charge in [0.2, 0.25) is 0 Å². The average Bonchev–Trinajstić information content (AvgIpc) is 2.54. The standard InChI is InChI=1S/C18H22N2O/c1-3-14-20(4-2)17-12-10-15(11-13-17)18(21)19-16-8-6-5-7-9-16/h5-13H,3-4,14H2,1-2H3,(H,19,21). The molecule has 0 saturated heterocycles. The van der Waals surface area contributed by atoms with E-state index in [9.17, 15) is 4.79 Å². The van der Waals surface area contributed by atoms with E-state index in [1.807, 2.05) is 54.6 Å². The molecular weight excluding hydrogens is 260 g/mol. The summed E-state index contributed by atoms with van der Waals surface area (Å²) in [5.41, 5.74) is 2.65. The summed E-state index contributed by atoms with van der Waals surface area (Å²) in [6.07, 6.45) is 1.12. The van der Waals surface area contributed by atoms with Gasteiger partial charge in [0.25, 0.3) is 5.91 Å². The third-order valence-electron chi connectivity index (χ3n) is 3.40. The van der Waals surface area contributed by atoms with Gasteiger partial charge >= 0.3 is 0 Å². The van der Waals surface area contributed by atoms with Crippen LogP contribution in [0.1, 0.15) is 30.6 Å². The van der Waals surface area contributed by atoms with Crippen LogP contribution in [-0.2, 0) is 0 Å². The predicted molar refractivity (Wildman–Crippen MR) is 89.0 cm³/mol. The topological polar surface area (TPSA) is 32.3 Å².